The molecular weight excluding hydrogens is 644 g/mol. The number of hydrogen-bond donors (Lipinski definition) is 3. The van der Waals surface area contributed by atoms with E-state index in [2.05, 4.69) is 22.5 Å². The lowest BCUT2D eigenvalue weighted by atomic mass is 9.77. The van der Waals surface area contributed by atoms with Gasteiger partial charge in [-0.05, 0) is 74.1 Å². The lowest BCUT2D eigenvalue weighted by Gasteiger charge is -2.41. The Balaban J connectivity index is 1.01. The fraction of sp³-hybridized carbons (Fsp3) is 0.500. The quantitative estimate of drug-likeness (QED) is 0.170. The first-order chi connectivity index (χ1) is 24.2. The number of anilines is 2. The smallest absolute Gasteiger partial charge is 0.410 e. The molecule has 1 aliphatic carbocycles. The molecule has 11 heteroatoms. The molecule has 3 aromatic rings. The van der Waals surface area contributed by atoms with Crippen LogP contribution in [0, 0.1) is 5.41 Å². The number of rotatable bonds is 9. The summed E-state index contributed by atoms with van der Waals surface area (Å²) in [5, 5.41) is 18.3. The second-order valence-corrected chi connectivity index (χ2v) is 17.0. The van der Waals surface area contributed by atoms with Crippen molar-refractivity contribution in [3.05, 3.63) is 88.6 Å². The molecule has 11 nitrogen and oxygen atoms in total. The van der Waals surface area contributed by atoms with E-state index >= 15 is 0 Å². The zero-order valence-corrected chi connectivity index (χ0v) is 30.2. The van der Waals surface area contributed by atoms with Crippen LogP contribution in [0.1, 0.15) is 68.4 Å². The predicted molar refractivity (Wildman–Crippen MR) is 192 cm³/mol. The molecule has 268 valence electrons. The topological polar surface area (TPSA) is 124 Å². The van der Waals surface area contributed by atoms with Gasteiger partial charge < -0.3 is 25.4 Å². The van der Waals surface area contributed by atoms with Gasteiger partial charge in [0.25, 0.3) is 0 Å². The first-order valence-corrected chi connectivity index (χ1v) is 18.2. The Morgan fingerprint density at radius 2 is 1.73 bits per heavy atom. The van der Waals surface area contributed by atoms with Gasteiger partial charge in [0.2, 0.25) is 11.8 Å². The van der Waals surface area contributed by atoms with E-state index in [1.807, 2.05) is 80.3 Å². The van der Waals surface area contributed by atoms with Crippen molar-refractivity contribution in [2.45, 2.75) is 95.8 Å². The second kappa shape index (κ2) is 11.9. The molecule has 4 atom stereocenters. The highest BCUT2D eigenvalue weighted by atomic mass is 16.6. The largest absolute Gasteiger partial charge is 0.444 e. The number of quaternary nitrogens is 1. The molecule has 5 aliphatic rings. The van der Waals surface area contributed by atoms with Crippen LogP contribution in [0.5, 0.6) is 0 Å². The molecule has 51 heavy (non-hydrogen) atoms. The molecule has 3 unspecified atom stereocenters. The molecule has 2 spiro atoms. The van der Waals surface area contributed by atoms with Crippen LogP contribution in [0.4, 0.5) is 16.3 Å². The zero-order chi connectivity index (χ0) is 35.9. The Morgan fingerprint density at radius 1 is 1.04 bits per heavy atom. The number of pyridine rings is 1. The van der Waals surface area contributed by atoms with Gasteiger partial charge in [-0.1, -0.05) is 43.3 Å². The molecule has 0 bridgehead atoms. The van der Waals surface area contributed by atoms with E-state index in [1.54, 1.807) is 18.1 Å². The Hall–Kier alpha value is -4.32. The maximum atomic E-state index is 13.9. The summed E-state index contributed by atoms with van der Waals surface area (Å²) in [6, 6.07) is 18.8. The van der Waals surface area contributed by atoms with Crippen LogP contribution in [0.15, 0.2) is 60.8 Å². The maximum absolute atomic E-state index is 13.9. The molecular formula is C40H49N6O5+. The summed E-state index contributed by atoms with van der Waals surface area (Å²) < 4.78 is 6.82. The van der Waals surface area contributed by atoms with Crippen molar-refractivity contribution in [2.75, 3.05) is 37.3 Å². The fourth-order valence-corrected chi connectivity index (χ4v) is 9.37. The van der Waals surface area contributed by atoms with Gasteiger partial charge >= 0.3 is 6.09 Å². The highest BCUT2D eigenvalue weighted by molar-refractivity contribution is 6.06. The van der Waals surface area contributed by atoms with Gasteiger partial charge in [0.15, 0.2) is 0 Å². The number of aromatic nitrogens is 1. The third kappa shape index (κ3) is 6.08. The summed E-state index contributed by atoms with van der Waals surface area (Å²) in [6.45, 7) is 10.8. The van der Waals surface area contributed by atoms with E-state index in [0.717, 1.165) is 40.7 Å². The summed E-state index contributed by atoms with van der Waals surface area (Å²) in [5.41, 5.74) is 3.93. The molecule has 3 fully saturated rings. The van der Waals surface area contributed by atoms with Crippen molar-refractivity contribution in [3.8, 4) is 0 Å². The Bertz CT molecular complexity index is 1900. The van der Waals surface area contributed by atoms with E-state index in [4.69, 9.17) is 4.74 Å². The number of carbonyl (C=O) groups is 3. The summed E-state index contributed by atoms with van der Waals surface area (Å²) in [4.78, 5) is 47.8. The molecule has 4 aliphatic heterocycles. The average Bonchev–Trinajstić information content (AvgIpc) is 3.88. The standard InChI is InChI=1S/C40H48N6O5/c1-38(2,3)51-37(50)44(5)20-26-9-6-7-10-27(26)21-45(36(49)39(4)18-30-23-46(30)24-31(46)19-39)22-33(47)42-29-13-12-25-16-40(17-28(25)15-29)32-11-8-14-41-34(32)43-35(40)48/h6-15,30-31,36,49H,16-24H2,1-5H3,(H-,41,42,43,47,48)/p+1/t30?,31?,36?,39?,40-,46?/m1/s1. The highest BCUT2D eigenvalue weighted by Crippen LogP contribution is 2.61. The number of amides is 3. The summed E-state index contributed by atoms with van der Waals surface area (Å²) in [6.07, 6.45) is 3.44. The Morgan fingerprint density at radius 3 is 2.43 bits per heavy atom. The van der Waals surface area contributed by atoms with Crippen LogP contribution in [0.25, 0.3) is 0 Å². The van der Waals surface area contributed by atoms with Crippen LogP contribution in [-0.4, -0.2) is 92.9 Å². The highest BCUT2D eigenvalue weighted by Gasteiger charge is 2.77. The van der Waals surface area contributed by atoms with E-state index in [0.29, 0.717) is 49.5 Å². The first kappa shape index (κ1) is 33.8. The molecule has 1 aromatic heterocycles. The number of fused-ring (bicyclic) bond motifs is 3. The summed E-state index contributed by atoms with van der Waals surface area (Å²) >= 11 is 0. The molecule has 2 aromatic carbocycles. The normalized spacial score (nSPS) is 28.6. The molecule has 8 rings (SSSR count). The summed E-state index contributed by atoms with van der Waals surface area (Å²) in [7, 11) is 1.72. The van der Waals surface area contributed by atoms with Crippen LogP contribution in [0.2, 0.25) is 0 Å². The van der Waals surface area contributed by atoms with E-state index in [1.165, 1.54) is 17.6 Å². The van der Waals surface area contributed by atoms with E-state index < -0.39 is 23.3 Å². The van der Waals surface area contributed by atoms with Crippen molar-refractivity contribution in [1.29, 1.82) is 0 Å². The van der Waals surface area contributed by atoms with Gasteiger partial charge in [0.05, 0.1) is 12.0 Å². The Labute approximate surface area is 299 Å². The molecule has 3 amide bonds. The number of ether oxygens (including phenoxy) is 1. The minimum atomic E-state index is -0.835. The fourth-order valence-electron chi connectivity index (χ4n) is 9.37. The van der Waals surface area contributed by atoms with Crippen molar-refractivity contribution in [3.63, 3.8) is 0 Å². The first-order valence-electron chi connectivity index (χ1n) is 18.2. The SMILES string of the molecule is CN(Cc1ccccc1CN(CC(=O)Nc1ccc2c(c1)C[C@@]1(C2)C(=O)Nc2ncccc21)C(O)C1(C)CC2C[N+]23CC3C1)C(=O)OC(C)(C)C. The lowest BCUT2D eigenvalue weighted by molar-refractivity contribution is -0.692. The lowest BCUT2D eigenvalue weighted by Crippen LogP contribution is -2.51. The van der Waals surface area contributed by atoms with Crippen molar-refractivity contribution < 1.29 is 28.7 Å². The number of aliphatic hydroxyl groups is 1. The molecule has 3 saturated heterocycles. The van der Waals surface area contributed by atoms with Crippen molar-refractivity contribution >= 4 is 29.4 Å². The third-order valence-corrected chi connectivity index (χ3v) is 12.1. The molecule has 5 heterocycles. The maximum Gasteiger partial charge on any atom is 0.410 e. The van der Waals surface area contributed by atoms with Gasteiger partial charge in [-0.2, -0.15) is 0 Å². The van der Waals surface area contributed by atoms with Gasteiger partial charge in [-0.15, -0.1) is 0 Å². The van der Waals surface area contributed by atoms with Crippen LogP contribution in [0.3, 0.4) is 0 Å². The van der Waals surface area contributed by atoms with Gasteiger partial charge in [0, 0.05) is 55.8 Å². The minimum absolute atomic E-state index is 0.00912. The number of benzene rings is 2. The second-order valence-electron chi connectivity index (χ2n) is 17.0. The van der Waals surface area contributed by atoms with Gasteiger partial charge in [-0.25, -0.2) is 9.78 Å². The van der Waals surface area contributed by atoms with Gasteiger partial charge in [-0.3, -0.25) is 19.0 Å². The number of piperidine rings is 1. The van der Waals surface area contributed by atoms with Crippen LogP contribution < -0.4 is 10.6 Å². The molecule has 0 saturated carbocycles. The predicted octanol–water partition coefficient (Wildman–Crippen LogP) is 4.58. The molecule has 0 radical (unpaired) electrons. The average molecular weight is 694 g/mol. The third-order valence-electron chi connectivity index (χ3n) is 12.1. The van der Waals surface area contributed by atoms with E-state index in [-0.39, 0.29) is 23.8 Å². The number of nitrogens with zero attached hydrogens (tertiary/aromatic N) is 4. The van der Waals surface area contributed by atoms with Crippen molar-refractivity contribution in [1.82, 2.24) is 14.8 Å². The number of nitrogens with one attached hydrogen (secondary N) is 2. The zero-order valence-electron chi connectivity index (χ0n) is 30.2. The van der Waals surface area contributed by atoms with Gasteiger partial charge in [0.1, 0.15) is 42.8 Å². The van der Waals surface area contributed by atoms with Crippen LogP contribution in [-0.2, 0) is 45.7 Å². The van der Waals surface area contributed by atoms with E-state index in [9.17, 15) is 19.5 Å². The molecule has 3 N–H and O–H groups in total. The minimum Gasteiger partial charge on any atom is -0.444 e. The number of hydrogen-bond acceptors (Lipinski definition) is 7. The summed E-state index contributed by atoms with van der Waals surface area (Å²) in [5.74, 6) is 0.366. The van der Waals surface area contributed by atoms with Crippen LogP contribution >= 0.6 is 0 Å². The number of carbonyl (C=O) groups excluding carboxylic acids is 3. The monoisotopic (exact) mass is 693 g/mol. The van der Waals surface area contributed by atoms with Crippen molar-refractivity contribution in [2.24, 2.45) is 5.41 Å². The Kier molecular flexibility index (Phi) is 7.86. The number of aliphatic hydroxyl groups excluding tert-OH is 1.